The third kappa shape index (κ3) is 3.02. The molecule has 1 aromatic carbocycles. The van der Waals surface area contributed by atoms with Gasteiger partial charge in [0.1, 0.15) is 11.6 Å². The smallest absolute Gasteiger partial charge is 0.234 e. The molecule has 25 heavy (non-hydrogen) atoms. The van der Waals surface area contributed by atoms with Gasteiger partial charge in [-0.1, -0.05) is 26.0 Å². The van der Waals surface area contributed by atoms with E-state index in [4.69, 9.17) is 4.74 Å². The van der Waals surface area contributed by atoms with Crippen LogP contribution in [0.15, 0.2) is 36.7 Å². The Morgan fingerprint density at radius 3 is 2.52 bits per heavy atom. The van der Waals surface area contributed by atoms with Crippen LogP contribution < -0.4 is 4.74 Å². The number of H-pyrrole nitrogens is 1. The van der Waals surface area contributed by atoms with E-state index in [1.165, 1.54) is 0 Å². The maximum atomic E-state index is 13.5. The summed E-state index contributed by atoms with van der Waals surface area (Å²) in [6, 6.07) is 7.72. The number of hydrogen-bond donors (Lipinski definition) is 2. The van der Waals surface area contributed by atoms with Crippen LogP contribution in [0.3, 0.4) is 0 Å². The molecule has 0 aliphatic heterocycles. The van der Waals surface area contributed by atoms with Crippen LogP contribution in [0.2, 0.25) is 0 Å². The average molecular weight is 343 g/mol. The summed E-state index contributed by atoms with van der Waals surface area (Å²) in [4.78, 5) is 22.4. The van der Waals surface area contributed by atoms with Gasteiger partial charge in [-0.3, -0.25) is 4.79 Å². The molecule has 6 nitrogen and oxygen atoms in total. The molecule has 134 valence electrons. The Hall–Kier alpha value is -2.34. The van der Waals surface area contributed by atoms with Crippen molar-refractivity contribution in [3.05, 3.63) is 48.0 Å². The zero-order chi connectivity index (χ0) is 18.1. The van der Waals surface area contributed by atoms with Crippen LogP contribution in [0.5, 0.6) is 5.75 Å². The van der Waals surface area contributed by atoms with E-state index in [1.807, 2.05) is 24.3 Å². The molecule has 0 bridgehead atoms. The van der Waals surface area contributed by atoms with Crippen LogP contribution in [0.4, 0.5) is 0 Å². The van der Waals surface area contributed by atoms with Crippen molar-refractivity contribution in [3.63, 3.8) is 0 Å². The number of carbonyl (C=O) groups is 1. The first-order chi connectivity index (χ1) is 11.9. The molecule has 3 rings (SSSR count). The molecule has 0 saturated heterocycles. The monoisotopic (exact) mass is 343 g/mol. The van der Waals surface area contributed by atoms with Gasteiger partial charge in [0.25, 0.3) is 0 Å². The highest BCUT2D eigenvalue weighted by Gasteiger charge is 2.67. The van der Waals surface area contributed by atoms with Gasteiger partial charge in [-0.2, -0.15) is 0 Å². The number of aliphatic hydroxyl groups is 1. The van der Waals surface area contributed by atoms with Gasteiger partial charge < -0.3 is 19.7 Å². The lowest BCUT2D eigenvalue weighted by Gasteiger charge is -2.29. The summed E-state index contributed by atoms with van der Waals surface area (Å²) in [5, 5.41) is 9.43. The fourth-order valence-electron chi connectivity index (χ4n) is 3.68. The Bertz CT molecular complexity index is 725. The second-order valence-electron chi connectivity index (χ2n) is 7.18. The molecule has 2 aromatic rings. The number of aliphatic hydroxyl groups excluding tert-OH is 1. The Balaban J connectivity index is 1.91. The second kappa shape index (κ2) is 6.52. The average Bonchev–Trinajstić information content (AvgIpc) is 2.95. The first kappa shape index (κ1) is 17.5. The number of aromatic nitrogens is 2. The SMILES string of the molecule is COc1ccc(C2(C(=O)N(CCO)Cc3ncc[nH]3)CC2(C)C)cc1. The number of amides is 1. The minimum absolute atomic E-state index is 0.0353. The normalized spacial score (nSPS) is 21.0. The number of methoxy groups -OCH3 is 1. The minimum Gasteiger partial charge on any atom is -0.497 e. The number of nitrogens with one attached hydrogen (secondary N) is 1. The van der Waals surface area contributed by atoms with Gasteiger partial charge in [0, 0.05) is 18.9 Å². The van der Waals surface area contributed by atoms with Crippen LogP contribution in [0, 0.1) is 5.41 Å². The minimum atomic E-state index is -0.568. The predicted molar refractivity (Wildman–Crippen MR) is 94.2 cm³/mol. The molecule has 1 aliphatic rings. The number of nitrogens with zero attached hydrogens (tertiary/aromatic N) is 2. The maximum absolute atomic E-state index is 13.5. The molecule has 0 spiro atoms. The van der Waals surface area contributed by atoms with Crippen molar-refractivity contribution in [2.24, 2.45) is 5.41 Å². The van der Waals surface area contributed by atoms with Gasteiger partial charge in [0.05, 0.1) is 25.7 Å². The van der Waals surface area contributed by atoms with E-state index in [0.717, 1.165) is 17.7 Å². The third-order valence-corrected chi connectivity index (χ3v) is 5.24. The van der Waals surface area contributed by atoms with Gasteiger partial charge in [-0.05, 0) is 29.5 Å². The third-order valence-electron chi connectivity index (χ3n) is 5.24. The molecule has 6 heteroatoms. The molecule has 1 atom stereocenters. The van der Waals surface area contributed by atoms with Gasteiger partial charge >= 0.3 is 0 Å². The molecule has 1 amide bonds. The Labute approximate surface area is 147 Å². The summed E-state index contributed by atoms with van der Waals surface area (Å²) < 4.78 is 5.23. The number of aromatic amines is 1. The van der Waals surface area contributed by atoms with E-state index in [-0.39, 0.29) is 24.5 Å². The summed E-state index contributed by atoms with van der Waals surface area (Å²) in [7, 11) is 1.63. The topological polar surface area (TPSA) is 78.4 Å². The summed E-state index contributed by atoms with van der Waals surface area (Å²) in [6.07, 6.45) is 4.18. The molecule has 1 fully saturated rings. The number of rotatable bonds is 7. The Morgan fingerprint density at radius 1 is 1.36 bits per heavy atom. The van der Waals surface area contributed by atoms with Crippen molar-refractivity contribution in [2.45, 2.75) is 32.2 Å². The highest BCUT2D eigenvalue weighted by molar-refractivity contribution is 5.93. The molecular weight excluding hydrogens is 318 g/mol. The molecule has 2 N–H and O–H groups in total. The quantitative estimate of drug-likeness (QED) is 0.807. The van der Waals surface area contributed by atoms with E-state index in [0.29, 0.717) is 12.4 Å². The van der Waals surface area contributed by atoms with Crippen LogP contribution in [0.25, 0.3) is 0 Å². The molecule has 1 heterocycles. The van der Waals surface area contributed by atoms with Crippen molar-refractivity contribution in [3.8, 4) is 5.75 Å². The van der Waals surface area contributed by atoms with Crippen molar-refractivity contribution in [2.75, 3.05) is 20.3 Å². The fourth-order valence-corrected chi connectivity index (χ4v) is 3.68. The molecule has 1 aromatic heterocycles. The van der Waals surface area contributed by atoms with Crippen LogP contribution in [-0.4, -0.2) is 46.1 Å². The number of benzene rings is 1. The Morgan fingerprint density at radius 2 is 2.04 bits per heavy atom. The number of carbonyl (C=O) groups excluding carboxylic acids is 1. The van der Waals surface area contributed by atoms with E-state index >= 15 is 0 Å². The first-order valence-electron chi connectivity index (χ1n) is 8.47. The fraction of sp³-hybridized carbons (Fsp3) is 0.474. The van der Waals surface area contributed by atoms with Gasteiger partial charge in [0.2, 0.25) is 5.91 Å². The highest BCUT2D eigenvalue weighted by atomic mass is 16.5. The molecule has 1 unspecified atom stereocenters. The van der Waals surface area contributed by atoms with Crippen LogP contribution in [0.1, 0.15) is 31.7 Å². The summed E-state index contributed by atoms with van der Waals surface area (Å²) >= 11 is 0. The van der Waals surface area contributed by atoms with Gasteiger partial charge in [-0.25, -0.2) is 4.98 Å². The second-order valence-corrected chi connectivity index (χ2v) is 7.18. The molecule has 1 saturated carbocycles. The van der Waals surface area contributed by atoms with Crippen LogP contribution >= 0.6 is 0 Å². The predicted octanol–water partition coefficient (Wildman–Crippen LogP) is 2.11. The Kier molecular flexibility index (Phi) is 4.56. The van der Waals surface area contributed by atoms with Crippen molar-refractivity contribution >= 4 is 5.91 Å². The van der Waals surface area contributed by atoms with E-state index in [1.54, 1.807) is 24.4 Å². The zero-order valence-electron chi connectivity index (χ0n) is 15.0. The van der Waals surface area contributed by atoms with Crippen molar-refractivity contribution in [1.29, 1.82) is 0 Å². The van der Waals surface area contributed by atoms with Crippen molar-refractivity contribution in [1.82, 2.24) is 14.9 Å². The summed E-state index contributed by atoms with van der Waals surface area (Å²) in [5.41, 5.74) is 0.294. The van der Waals surface area contributed by atoms with E-state index in [9.17, 15) is 9.90 Å². The number of ether oxygens (including phenoxy) is 1. The van der Waals surface area contributed by atoms with Gasteiger partial charge in [-0.15, -0.1) is 0 Å². The van der Waals surface area contributed by atoms with Crippen molar-refractivity contribution < 1.29 is 14.6 Å². The van der Waals surface area contributed by atoms with Gasteiger partial charge in [0.15, 0.2) is 0 Å². The lowest BCUT2D eigenvalue weighted by Crippen LogP contribution is -2.42. The largest absolute Gasteiger partial charge is 0.497 e. The summed E-state index contributed by atoms with van der Waals surface area (Å²) in [5.74, 6) is 1.52. The molecule has 0 radical (unpaired) electrons. The summed E-state index contributed by atoms with van der Waals surface area (Å²) in [6.45, 7) is 4.79. The lowest BCUT2D eigenvalue weighted by atomic mass is 9.86. The lowest BCUT2D eigenvalue weighted by molar-refractivity contribution is -0.136. The highest BCUT2D eigenvalue weighted by Crippen LogP contribution is 2.65. The molecular formula is C19H25N3O3. The number of hydrogen-bond acceptors (Lipinski definition) is 4. The van der Waals surface area contributed by atoms with E-state index in [2.05, 4.69) is 23.8 Å². The standard InChI is InChI=1S/C19H25N3O3/c1-18(2)13-19(18,14-4-6-15(25-3)7-5-14)17(24)22(10-11-23)12-16-20-8-9-21-16/h4-9,23H,10-13H2,1-3H3,(H,20,21). The molecule has 1 aliphatic carbocycles. The van der Waals surface area contributed by atoms with Crippen LogP contribution in [-0.2, 0) is 16.8 Å². The zero-order valence-corrected chi connectivity index (χ0v) is 15.0. The number of imidazole rings is 1. The van der Waals surface area contributed by atoms with E-state index < -0.39 is 5.41 Å². The first-order valence-corrected chi connectivity index (χ1v) is 8.47. The maximum Gasteiger partial charge on any atom is 0.234 e.